The van der Waals surface area contributed by atoms with Crippen molar-refractivity contribution in [3.05, 3.63) is 12.4 Å². The number of rotatable bonds is 4. The summed E-state index contributed by atoms with van der Waals surface area (Å²) in [4.78, 5) is 9.91. The molecule has 0 spiro atoms. The molecule has 1 rings (SSSR count). The number of anilines is 2. The van der Waals surface area contributed by atoms with Crippen molar-refractivity contribution in [1.82, 2.24) is 9.97 Å². The van der Waals surface area contributed by atoms with E-state index >= 15 is 0 Å². The molecule has 0 aliphatic carbocycles. The van der Waals surface area contributed by atoms with Crippen LogP contribution in [0.2, 0.25) is 0 Å². The number of hydrogen-bond acceptors (Lipinski definition) is 5. The van der Waals surface area contributed by atoms with Gasteiger partial charge in [-0.3, -0.25) is 0 Å². The van der Waals surface area contributed by atoms with Crippen molar-refractivity contribution in [2.75, 3.05) is 23.7 Å². The summed E-state index contributed by atoms with van der Waals surface area (Å²) in [6.07, 6.45) is 1.43. The van der Waals surface area contributed by atoms with E-state index in [9.17, 15) is 5.11 Å². The van der Waals surface area contributed by atoms with Gasteiger partial charge in [-0.1, -0.05) is 0 Å². The van der Waals surface area contributed by atoms with E-state index in [-0.39, 0.29) is 0 Å². The van der Waals surface area contributed by atoms with Crippen molar-refractivity contribution in [3.8, 4) is 0 Å². The lowest BCUT2D eigenvalue weighted by Crippen LogP contribution is -2.39. The third-order valence-corrected chi connectivity index (χ3v) is 1.96. The Morgan fingerprint density at radius 1 is 1.47 bits per heavy atom. The predicted octanol–water partition coefficient (Wildman–Crippen LogP) is 0.656. The molecule has 5 heteroatoms. The summed E-state index contributed by atoms with van der Waals surface area (Å²) in [7, 11) is 0. The first-order chi connectivity index (χ1) is 6.92. The van der Waals surface area contributed by atoms with Crippen LogP contribution in [0.4, 0.5) is 11.6 Å². The minimum Gasteiger partial charge on any atom is -0.389 e. The standard InChI is InChI=1S/C10H18N4O/c1-4-14(6-10(2,3)15)9-5-8(11)12-7-13-9/h5,7,15H,4,6H2,1-3H3,(H2,11,12,13). The molecule has 0 amide bonds. The highest BCUT2D eigenvalue weighted by Crippen LogP contribution is 2.15. The summed E-state index contributed by atoms with van der Waals surface area (Å²) in [5.74, 6) is 1.18. The van der Waals surface area contributed by atoms with Crippen LogP contribution in [-0.2, 0) is 0 Å². The van der Waals surface area contributed by atoms with Crippen molar-refractivity contribution >= 4 is 11.6 Å². The van der Waals surface area contributed by atoms with Gasteiger partial charge in [0.2, 0.25) is 0 Å². The van der Waals surface area contributed by atoms with Gasteiger partial charge in [-0.15, -0.1) is 0 Å². The normalized spacial score (nSPS) is 11.5. The maximum absolute atomic E-state index is 9.73. The number of likely N-dealkylation sites (N-methyl/N-ethyl adjacent to an activating group) is 1. The Morgan fingerprint density at radius 3 is 2.60 bits per heavy atom. The Bertz CT molecular complexity index is 321. The van der Waals surface area contributed by atoms with E-state index in [1.807, 2.05) is 11.8 Å². The van der Waals surface area contributed by atoms with Crippen LogP contribution in [0.1, 0.15) is 20.8 Å². The average molecular weight is 210 g/mol. The van der Waals surface area contributed by atoms with E-state index in [0.717, 1.165) is 12.4 Å². The van der Waals surface area contributed by atoms with E-state index in [1.165, 1.54) is 6.33 Å². The summed E-state index contributed by atoms with van der Waals surface area (Å²) in [5, 5.41) is 9.73. The first-order valence-electron chi connectivity index (χ1n) is 4.97. The molecule has 0 unspecified atom stereocenters. The van der Waals surface area contributed by atoms with Crippen molar-refractivity contribution < 1.29 is 5.11 Å². The van der Waals surface area contributed by atoms with Gasteiger partial charge in [0.15, 0.2) is 0 Å². The number of nitrogens with two attached hydrogens (primary N) is 1. The molecule has 1 aromatic rings. The van der Waals surface area contributed by atoms with Crippen molar-refractivity contribution in [3.63, 3.8) is 0 Å². The first-order valence-corrected chi connectivity index (χ1v) is 4.97. The highest BCUT2D eigenvalue weighted by atomic mass is 16.3. The Labute approximate surface area is 90.0 Å². The Balaban J connectivity index is 2.83. The van der Waals surface area contributed by atoms with E-state index in [0.29, 0.717) is 12.4 Å². The summed E-state index contributed by atoms with van der Waals surface area (Å²) >= 11 is 0. The zero-order valence-electron chi connectivity index (χ0n) is 9.44. The molecule has 1 heterocycles. The molecule has 0 fully saturated rings. The van der Waals surface area contributed by atoms with Crippen molar-refractivity contribution in [1.29, 1.82) is 0 Å². The monoisotopic (exact) mass is 210 g/mol. The second-order valence-corrected chi connectivity index (χ2v) is 4.13. The van der Waals surface area contributed by atoms with Gasteiger partial charge in [0.1, 0.15) is 18.0 Å². The first kappa shape index (κ1) is 11.7. The molecular formula is C10H18N4O. The van der Waals surface area contributed by atoms with Crippen molar-refractivity contribution in [2.45, 2.75) is 26.4 Å². The highest BCUT2D eigenvalue weighted by Gasteiger charge is 2.18. The van der Waals surface area contributed by atoms with Gasteiger partial charge in [0.05, 0.1) is 5.60 Å². The van der Waals surface area contributed by atoms with Gasteiger partial charge in [-0.25, -0.2) is 9.97 Å². The fourth-order valence-electron chi connectivity index (χ4n) is 1.36. The van der Waals surface area contributed by atoms with Crippen LogP contribution in [0.3, 0.4) is 0 Å². The third kappa shape index (κ3) is 3.71. The van der Waals surface area contributed by atoms with Crippen LogP contribution in [0.25, 0.3) is 0 Å². The zero-order valence-corrected chi connectivity index (χ0v) is 9.44. The highest BCUT2D eigenvalue weighted by molar-refractivity contribution is 5.45. The number of nitrogens with zero attached hydrogens (tertiary/aromatic N) is 3. The summed E-state index contributed by atoms with van der Waals surface area (Å²) in [6, 6.07) is 1.70. The van der Waals surface area contributed by atoms with Gasteiger partial charge in [-0.2, -0.15) is 0 Å². The Hall–Kier alpha value is -1.36. The molecule has 0 radical (unpaired) electrons. The van der Waals surface area contributed by atoms with Crippen molar-refractivity contribution in [2.24, 2.45) is 0 Å². The maximum atomic E-state index is 9.73. The molecule has 3 N–H and O–H groups in total. The van der Waals surface area contributed by atoms with Crippen LogP contribution in [0.5, 0.6) is 0 Å². The van der Waals surface area contributed by atoms with Gasteiger partial charge in [0, 0.05) is 19.2 Å². The quantitative estimate of drug-likeness (QED) is 0.763. The van der Waals surface area contributed by atoms with E-state index < -0.39 is 5.60 Å². The third-order valence-electron chi connectivity index (χ3n) is 1.96. The van der Waals surface area contributed by atoms with Crippen LogP contribution >= 0.6 is 0 Å². The Kier molecular flexibility index (Phi) is 3.47. The van der Waals surface area contributed by atoms with E-state index in [1.54, 1.807) is 19.9 Å². The van der Waals surface area contributed by atoms with Crippen LogP contribution in [0.15, 0.2) is 12.4 Å². The maximum Gasteiger partial charge on any atom is 0.134 e. The molecule has 0 atom stereocenters. The molecule has 0 saturated heterocycles. The van der Waals surface area contributed by atoms with Gasteiger partial charge in [0.25, 0.3) is 0 Å². The fourth-order valence-corrected chi connectivity index (χ4v) is 1.36. The lowest BCUT2D eigenvalue weighted by molar-refractivity contribution is 0.0874. The van der Waals surface area contributed by atoms with Gasteiger partial charge < -0.3 is 15.7 Å². The molecule has 0 saturated carbocycles. The molecule has 5 nitrogen and oxygen atoms in total. The Morgan fingerprint density at radius 2 is 2.13 bits per heavy atom. The molecule has 84 valence electrons. The number of aromatic nitrogens is 2. The lowest BCUT2D eigenvalue weighted by atomic mass is 10.1. The minimum atomic E-state index is -0.754. The second-order valence-electron chi connectivity index (χ2n) is 4.13. The SMILES string of the molecule is CCN(CC(C)(C)O)c1cc(N)ncn1. The predicted molar refractivity (Wildman–Crippen MR) is 60.6 cm³/mol. The summed E-state index contributed by atoms with van der Waals surface area (Å²) < 4.78 is 0. The molecule has 0 bridgehead atoms. The lowest BCUT2D eigenvalue weighted by Gasteiger charge is -2.28. The van der Waals surface area contributed by atoms with Crippen LogP contribution in [-0.4, -0.2) is 33.8 Å². The average Bonchev–Trinajstić information content (AvgIpc) is 2.13. The second kappa shape index (κ2) is 4.44. The molecule has 1 aromatic heterocycles. The van der Waals surface area contributed by atoms with E-state index in [4.69, 9.17) is 5.73 Å². The smallest absolute Gasteiger partial charge is 0.134 e. The number of hydrogen-bond donors (Lipinski definition) is 2. The van der Waals surface area contributed by atoms with Crippen LogP contribution < -0.4 is 10.6 Å². The topological polar surface area (TPSA) is 75.3 Å². The molecule has 0 aliphatic rings. The minimum absolute atomic E-state index is 0.439. The fraction of sp³-hybridized carbons (Fsp3) is 0.600. The largest absolute Gasteiger partial charge is 0.389 e. The van der Waals surface area contributed by atoms with E-state index in [2.05, 4.69) is 9.97 Å². The molecule has 0 aromatic carbocycles. The summed E-state index contributed by atoms with van der Waals surface area (Å²) in [5.41, 5.74) is 4.82. The van der Waals surface area contributed by atoms with Gasteiger partial charge >= 0.3 is 0 Å². The number of nitrogen functional groups attached to an aromatic ring is 1. The number of aliphatic hydroxyl groups is 1. The molecule has 0 aliphatic heterocycles. The molecular weight excluding hydrogens is 192 g/mol. The molecule has 15 heavy (non-hydrogen) atoms. The summed E-state index contributed by atoms with van der Waals surface area (Å²) in [6.45, 7) is 6.81. The zero-order chi connectivity index (χ0) is 11.5. The van der Waals surface area contributed by atoms with Gasteiger partial charge in [-0.05, 0) is 20.8 Å². The van der Waals surface area contributed by atoms with Crippen LogP contribution in [0, 0.1) is 0 Å².